The zero-order chi connectivity index (χ0) is 47.2. The van der Waals surface area contributed by atoms with E-state index in [1.165, 1.54) is 6.07 Å². The molecule has 6 rings (SSSR count). The van der Waals surface area contributed by atoms with Crippen molar-refractivity contribution in [2.75, 3.05) is 13.1 Å². The summed E-state index contributed by atoms with van der Waals surface area (Å²) in [6.07, 6.45) is -0.947. The Hall–Kier alpha value is -5.21. The Labute approximate surface area is 381 Å². The second-order valence-electron chi connectivity index (χ2n) is 16.4. The molecule has 1 aromatic heterocycles. The lowest BCUT2D eigenvalue weighted by Crippen LogP contribution is -2.65. The van der Waals surface area contributed by atoms with Crippen molar-refractivity contribution in [3.63, 3.8) is 0 Å². The number of sulfonamides is 1. The minimum atomic E-state index is -4.45. The molecule has 1 N–H and O–H groups in total. The molecule has 65 heavy (non-hydrogen) atoms. The Bertz CT molecular complexity index is 2380. The molecule has 352 valence electrons. The van der Waals surface area contributed by atoms with Crippen LogP contribution in [-0.4, -0.2) is 103 Å². The van der Waals surface area contributed by atoms with E-state index in [9.17, 15) is 32.4 Å². The smallest absolute Gasteiger partial charge is 0.305 e. The van der Waals surface area contributed by atoms with E-state index in [4.69, 9.17) is 44.8 Å². The van der Waals surface area contributed by atoms with Gasteiger partial charge in [0.25, 0.3) is 5.91 Å². The topological polar surface area (TPSA) is 212 Å². The maximum Gasteiger partial charge on any atom is 0.305 e. The van der Waals surface area contributed by atoms with Crippen LogP contribution in [-0.2, 0) is 74.6 Å². The number of nitrogens with one attached hydrogen (secondary N) is 1. The normalized spacial score (nSPS) is 21.3. The van der Waals surface area contributed by atoms with Crippen LogP contribution in [0, 0.1) is 5.82 Å². The Morgan fingerprint density at radius 2 is 1.54 bits per heavy atom. The highest BCUT2D eigenvalue weighted by Crippen LogP contribution is 2.53. The van der Waals surface area contributed by atoms with Crippen LogP contribution in [0.2, 0.25) is 5.02 Å². The number of nitrogens with zero attached hydrogens (tertiary/aromatic N) is 2. The number of carbonyl (C=O) groups excluding carboxylic acids is 5. The fourth-order valence-electron chi connectivity index (χ4n) is 7.58. The highest BCUT2D eigenvalue weighted by molar-refractivity contribution is 7.89. The number of para-hydroxylation sites is 1. The molecule has 20 heteroatoms. The highest BCUT2D eigenvalue weighted by Gasteiger charge is 2.55. The fourth-order valence-corrected chi connectivity index (χ4v) is 9.56. The number of hydrogen-bond acceptors (Lipinski definition) is 15. The Morgan fingerprint density at radius 1 is 0.892 bits per heavy atom. The molecule has 0 radical (unpaired) electrons. The van der Waals surface area contributed by atoms with Crippen molar-refractivity contribution >= 4 is 51.4 Å². The van der Waals surface area contributed by atoms with Gasteiger partial charge < -0.3 is 38.5 Å². The summed E-state index contributed by atoms with van der Waals surface area (Å²) >= 11 is 6.52. The summed E-state index contributed by atoms with van der Waals surface area (Å²) < 4.78 is 84.6. The van der Waals surface area contributed by atoms with Gasteiger partial charge in [-0.05, 0) is 87.8 Å². The van der Waals surface area contributed by atoms with Crippen LogP contribution in [0.15, 0.2) is 59.8 Å². The molecule has 0 spiro atoms. The average molecular weight is 946 g/mol. The largest absolute Gasteiger partial charge is 0.490 e. The van der Waals surface area contributed by atoms with E-state index in [1.807, 2.05) is 30.3 Å². The summed E-state index contributed by atoms with van der Waals surface area (Å²) in [5.74, 6) is -4.70. The van der Waals surface area contributed by atoms with Crippen LogP contribution in [0.4, 0.5) is 4.39 Å². The molecule has 3 aliphatic rings. The predicted octanol–water partition coefficient (Wildman–Crippen LogP) is 5.67. The van der Waals surface area contributed by atoms with Crippen LogP contribution in [0.5, 0.6) is 5.75 Å². The van der Waals surface area contributed by atoms with Crippen molar-refractivity contribution in [2.24, 2.45) is 0 Å². The van der Waals surface area contributed by atoms with E-state index in [2.05, 4.69) is 10.3 Å². The number of esters is 4. The maximum absolute atomic E-state index is 15.7. The number of unbranched alkanes of at least 4 members (excludes halogenated alkanes) is 1. The van der Waals surface area contributed by atoms with Gasteiger partial charge >= 0.3 is 23.9 Å². The molecule has 1 aliphatic heterocycles. The molecule has 5 atom stereocenters. The van der Waals surface area contributed by atoms with Crippen molar-refractivity contribution < 1.29 is 69.9 Å². The number of pyridine rings is 1. The van der Waals surface area contributed by atoms with Crippen LogP contribution in [0.3, 0.4) is 0 Å². The maximum atomic E-state index is 15.7. The van der Waals surface area contributed by atoms with Crippen LogP contribution < -0.4 is 10.1 Å². The van der Waals surface area contributed by atoms with Gasteiger partial charge in [-0.2, -0.15) is 4.31 Å². The van der Waals surface area contributed by atoms with Crippen molar-refractivity contribution in [1.29, 1.82) is 0 Å². The van der Waals surface area contributed by atoms with Gasteiger partial charge in [0, 0.05) is 75.4 Å². The number of hydrogen-bond donors (Lipinski definition) is 1. The molecule has 1 amide bonds. The predicted molar refractivity (Wildman–Crippen MR) is 229 cm³/mol. The van der Waals surface area contributed by atoms with Gasteiger partial charge in [0.15, 0.2) is 18.3 Å². The molecule has 3 fully saturated rings. The molecule has 3 aromatic rings. The third-order valence-electron chi connectivity index (χ3n) is 10.8. The Balaban J connectivity index is 1.12. The van der Waals surface area contributed by atoms with Crippen molar-refractivity contribution in [3.05, 3.63) is 76.8 Å². The molecule has 0 bridgehead atoms. The lowest BCUT2D eigenvalue weighted by Gasteiger charge is -2.43. The van der Waals surface area contributed by atoms with Gasteiger partial charge in [-0.3, -0.25) is 29.0 Å². The van der Waals surface area contributed by atoms with Crippen molar-refractivity contribution in [1.82, 2.24) is 14.6 Å². The third-order valence-corrected chi connectivity index (χ3v) is 13.3. The molecule has 1 saturated heterocycles. The number of amides is 1. The summed E-state index contributed by atoms with van der Waals surface area (Å²) in [6.45, 7) is 7.18. The molecular weight excluding hydrogens is 893 g/mol. The first kappa shape index (κ1) is 49.2. The summed E-state index contributed by atoms with van der Waals surface area (Å²) in [4.78, 5) is 65.5. The van der Waals surface area contributed by atoms with Crippen LogP contribution in [0.1, 0.15) is 91.2 Å². The molecule has 2 saturated carbocycles. The van der Waals surface area contributed by atoms with E-state index in [0.29, 0.717) is 12.8 Å². The van der Waals surface area contributed by atoms with Gasteiger partial charge in [0.05, 0.1) is 18.3 Å². The zero-order valence-corrected chi connectivity index (χ0v) is 38.4. The van der Waals surface area contributed by atoms with E-state index < -0.39 is 92.9 Å². The number of rotatable bonds is 20. The van der Waals surface area contributed by atoms with Crippen LogP contribution >= 0.6 is 11.6 Å². The van der Waals surface area contributed by atoms with Gasteiger partial charge in [-0.15, -0.1) is 0 Å². The molecule has 2 aliphatic carbocycles. The standard InChI is InChI=1S/C45H53ClFN3O14S/c1-25(2)50(20-10-9-18-49-43(55)41-39(59-26(3)51)40(60-27(4)52)42(61-28(5)53)44(64-41)62-29(6)54)65(56,57)38-21-30(35(46)22-36(38)47)24-58-45(16-17-45)34-23-48-19-15-32(34)33-11-7-8-12-37(33)63-31-13-14-31/h7-8,11-12,15,19,21-23,25,31,39-42,44H,9-10,13-14,16-18,20,24H2,1-6H3,(H,49,55). The van der Waals surface area contributed by atoms with Gasteiger partial charge in [-0.1, -0.05) is 29.8 Å². The van der Waals surface area contributed by atoms with Crippen molar-refractivity contribution in [3.8, 4) is 16.9 Å². The van der Waals surface area contributed by atoms with Gasteiger partial charge in [-0.25, -0.2) is 12.8 Å². The van der Waals surface area contributed by atoms with Gasteiger partial charge in [0.2, 0.25) is 22.4 Å². The molecule has 2 aromatic carbocycles. The number of halogens is 2. The lowest BCUT2D eigenvalue weighted by atomic mass is 9.96. The second-order valence-corrected chi connectivity index (χ2v) is 18.6. The molecular formula is C45H53ClFN3O14S. The number of benzene rings is 2. The fraction of sp³-hybridized carbons (Fsp3) is 0.511. The highest BCUT2D eigenvalue weighted by atomic mass is 35.5. The lowest BCUT2D eigenvalue weighted by molar-refractivity contribution is -0.290. The summed E-state index contributed by atoms with van der Waals surface area (Å²) in [7, 11) is -4.45. The van der Waals surface area contributed by atoms with E-state index >= 15 is 4.39 Å². The number of aromatic nitrogens is 1. The minimum absolute atomic E-state index is 0.00295. The Kier molecular flexibility index (Phi) is 15.9. The quantitative estimate of drug-likeness (QED) is 0.0822. The van der Waals surface area contributed by atoms with E-state index in [0.717, 1.165) is 73.3 Å². The summed E-state index contributed by atoms with van der Waals surface area (Å²) in [5, 5.41) is 2.61. The van der Waals surface area contributed by atoms with E-state index in [-0.39, 0.29) is 49.2 Å². The Morgan fingerprint density at radius 3 is 2.17 bits per heavy atom. The number of ether oxygens (including phenoxy) is 7. The van der Waals surface area contributed by atoms with E-state index in [1.54, 1.807) is 26.2 Å². The molecule has 17 nitrogen and oxygen atoms in total. The monoisotopic (exact) mass is 945 g/mol. The second kappa shape index (κ2) is 21.0. The van der Waals surface area contributed by atoms with Crippen molar-refractivity contribution in [2.45, 2.75) is 140 Å². The number of carbonyl (C=O) groups is 5. The van der Waals surface area contributed by atoms with Crippen LogP contribution in [0.25, 0.3) is 11.1 Å². The molecule has 2 heterocycles. The third kappa shape index (κ3) is 12.2. The molecule has 5 unspecified atom stereocenters. The first-order valence-electron chi connectivity index (χ1n) is 21.3. The zero-order valence-electron chi connectivity index (χ0n) is 36.9. The first-order chi connectivity index (χ1) is 30.8. The average Bonchev–Trinajstić information content (AvgIpc) is 4.18. The summed E-state index contributed by atoms with van der Waals surface area (Å²) in [5.41, 5.74) is 2.19. The first-order valence-corrected chi connectivity index (χ1v) is 23.1. The minimum Gasteiger partial charge on any atom is -0.490 e. The SMILES string of the molecule is CC(=O)OC1OC(C(=O)NCCCCN(C(C)C)S(=O)(=O)c2cc(COC3(c4cnccc4-c4ccccc4OC4CC4)CC3)c(Cl)cc2F)C(OC(C)=O)C(OC(C)=O)C1OC(C)=O. The summed E-state index contributed by atoms with van der Waals surface area (Å²) in [6, 6.07) is 11.2. The van der Waals surface area contributed by atoms with Gasteiger partial charge in [0.1, 0.15) is 16.5 Å².